The number of thiazole rings is 1. The van der Waals surface area contributed by atoms with Gasteiger partial charge in [0.25, 0.3) is 0 Å². The summed E-state index contributed by atoms with van der Waals surface area (Å²) in [4.78, 5) is 3.58. The van der Waals surface area contributed by atoms with Gasteiger partial charge in [0.05, 0.1) is 6.20 Å². The molecule has 1 aromatic rings. The maximum Gasteiger partial charge on any atom is 0.197 e. The van der Waals surface area contributed by atoms with Crippen LogP contribution in [0.2, 0.25) is 0 Å². The van der Waals surface area contributed by atoms with Gasteiger partial charge in [0, 0.05) is 0 Å². The van der Waals surface area contributed by atoms with Gasteiger partial charge in [-0.3, -0.25) is 0 Å². The summed E-state index contributed by atoms with van der Waals surface area (Å²) in [7, 11) is 0. The Bertz CT molecular complexity index is 147. The summed E-state index contributed by atoms with van der Waals surface area (Å²) in [6, 6.07) is 0. The highest BCUT2D eigenvalue weighted by Gasteiger charge is 1.92. The molecule has 4 heteroatoms. The first-order valence-corrected chi connectivity index (χ1v) is 3.17. The Morgan fingerprint density at radius 3 is 2.71 bits per heavy atom. The van der Waals surface area contributed by atoms with Crippen LogP contribution in [0.4, 0.5) is 4.39 Å². The van der Waals surface area contributed by atoms with Crippen LogP contribution in [0.5, 0.6) is 0 Å². The van der Waals surface area contributed by atoms with Crippen LogP contribution in [0, 0.1) is 5.13 Å². The summed E-state index contributed by atoms with van der Waals surface area (Å²) in [5.41, 5.74) is 0. The average Bonchev–Trinajstić information content (AvgIpc) is 1.87. The van der Waals surface area contributed by atoms with Crippen LogP contribution in [0.15, 0.2) is 10.1 Å². The fourth-order valence-electron chi connectivity index (χ4n) is 0.235. The molecule has 0 fully saturated rings. The third-order valence-corrected chi connectivity index (χ3v) is 1.71. The van der Waals surface area contributed by atoms with Crippen molar-refractivity contribution in [2.75, 3.05) is 0 Å². The molecule has 0 amide bonds. The van der Waals surface area contributed by atoms with E-state index >= 15 is 0 Å². The van der Waals surface area contributed by atoms with Crippen molar-refractivity contribution < 1.29 is 4.39 Å². The predicted molar refractivity (Wildman–Crippen MR) is 29.8 cm³/mol. The number of hydrogen-bond acceptors (Lipinski definition) is 2. The molecule has 0 bridgehead atoms. The summed E-state index contributed by atoms with van der Waals surface area (Å²) in [6.07, 6.45) is 1.18. The lowest BCUT2D eigenvalue weighted by molar-refractivity contribution is 0.653. The highest BCUT2D eigenvalue weighted by atomic mass is 79.9. The second-order valence-electron chi connectivity index (χ2n) is 0.917. The van der Waals surface area contributed by atoms with Gasteiger partial charge in [-0.05, 0) is 15.9 Å². The van der Waals surface area contributed by atoms with Crippen molar-refractivity contribution >= 4 is 27.3 Å². The summed E-state index contributed by atoms with van der Waals surface area (Å²) in [5.74, 6) is 0. The van der Waals surface area contributed by atoms with Gasteiger partial charge in [-0.25, -0.2) is 4.98 Å². The molecule has 38 valence electrons. The SMILES string of the molecule is Fc1cnc(Br)s1. The maximum atomic E-state index is 11.9. The Labute approximate surface area is 52.3 Å². The fraction of sp³-hybridized carbons (Fsp3) is 0. The summed E-state index contributed by atoms with van der Waals surface area (Å²) < 4.78 is 12.4. The Kier molecular flexibility index (Phi) is 1.39. The second-order valence-corrected chi connectivity index (χ2v) is 3.17. The number of nitrogens with zero attached hydrogens (tertiary/aromatic N) is 1. The Morgan fingerprint density at radius 2 is 2.57 bits per heavy atom. The molecule has 0 aliphatic carbocycles. The molecule has 0 N–H and O–H groups in total. The zero-order valence-corrected chi connectivity index (χ0v) is 5.59. The molecule has 1 aromatic heterocycles. The fourth-order valence-corrected chi connectivity index (χ4v) is 1.17. The zero-order chi connectivity index (χ0) is 5.28. The van der Waals surface area contributed by atoms with Gasteiger partial charge in [0.2, 0.25) is 0 Å². The van der Waals surface area contributed by atoms with Crippen molar-refractivity contribution in [3.05, 3.63) is 15.2 Å². The molecule has 1 nitrogen and oxygen atoms in total. The molecule has 7 heavy (non-hydrogen) atoms. The molecule has 0 saturated heterocycles. The smallest absolute Gasteiger partial charge is 0.197 e. The lowest BCUT2D eigenvalue weighted by atomic mass is 11.0. The Hall–Kier alpha value is 0.0400. The van der Waals surface area contributed by atoms with Gasteiger partial charge in [-0.1, -0.05) is 11.3 Å². The van der Waals surface area contributed by atoms with Crippen LogP contribution >= 0.6 is 27.3 Å². The molecular formula is C3HBrFNS. The van der Waals surface area contributed by atoms with E-state index in [0.717, 1.165) is 11.3 Å². The van der Waals surface area contributed by atoms with Crippen molar-refractivity contribution in [3.8, 4) is 0 Å². The summed E-state index contributed by atoms with van der Waals surface area (Å²) >= 11 is 3.98. The number of hydrogen-bond donors (Lipinski definition) is 0. The molecule has 1 rings (SSSR count). The molecule has 0 aliphatic heterocycles. The molecule has 1 heterocycles. The van der Waals surface area contributed by atoms with Gasteiger partial charge in [-0.15, -0.1) is 0 Å². The molecule has 0 saturated carbocycles. The van der Waals surface area contributed by atoms with Crippen molar-refractivity contribution in [1.29, 1.82) is 0 Å². The second kappa shape index (κ2) is 1.88. The quantitative estimate of drug-likeness (QED) is 0.598. The van der Waals surface area contributed by atoms with E-state index in [9.17, 15) is 4.39 Å². The van der Waals surface area contributed by atoms with Crippen LogP contribution in [0.1, 0.15) is 0 Å². The highest BCUT2D eigenvalue weighted by Crippen LogP contribution is 2.15. The van der Waals surface area contributed by atoms with Crippen molar-refractivity contribution in [2.45, 2.75) is 0 Å². The van der Waals surface area contributed by atoms with E-state index < -0.39 is 0 Å². The van der Waals surface area contributed by atoms with Crippen molar-refractivity contribution in [2.24, 2.45) is 0 Å². The molecule has 0 atom stereocenters. The minimum atomic E-state index is -0.258. The van der Waals surface area contributed by atoms with E-state index in [4.69, 9.17) is 0 Å². The summed E-state index contributed by atoms with van der Waals surface area (Å²) in [6.45, 7) is 0. The van der Waals surface area contributed by atoms with E-state index in [2.05, 4.69) is 20.9 Å². The van der Waals surface area contributed by atoms with E-state index in [1.807, 2.05) is 0 Å². The zero-order valence-electron chi connectivity index (χ0n) is 3.19. The van der Waals surface area contributed by atoms with Gasteiger partial charge in [0.1, 0.15) is 0 Å². The van der Waals surface area contributed by atoms with Crippen LogP contribution in [-0.4, -0.2) is 4.98 Å². The van der Waals surface area contributed by atoms with Crippen LogP contribution in [0.25, 0.3) is 0 Å². The van der Waals surface area contributed by atoms with Gasteiger partial charge < -0.3 is 0 Å². The number of aromatic nitrogens is 1. The van der Waals surface area contributed by atoms with Crippen molar-refractivity contribution in [3.63, 3.8) is 0 Å². The third-order valence-electron chi connectivity index (χ3n) is 0.449. The van der Waals surface area contributed by atoms with Gasteiger partial charge in [0.15, 0.2) is 9.05 Å². The van der Waals surface area contributed by atoms with Gasteiger partial charge >= 0.3 is 0 Å². The maximum absolute atomic E-state index is 11.9. The monoisotopic (exact) mass is 181 g/mol. The largest absolute Gasteiger partial charge is 0.234 e. The lowest BCUT2D eigenvalue weighted by Crippen LogP contribution is -1.51. The molecule has 0 spiro atoms. The van der Waals surface area contributed by atoms with Crippen LogP contribution < -0.4 is 0 Å². The summed E-state index contributed by atoms with van der Waals surface area (Å²) in [5, 5.41) is -0.258. The molecule has 0 aliphatic rings. The van der Waals surface area contributed by atoms with E-state index in [1.54, 1.807) is 0 Å². The Balaban J connectivity index is 3.04. The number of rotatable bonds is 0. The first-order chi connectivity index (χ1) is 3.29. The minimum absolute atomic E-state index is 0.258. The lowest BCUT2D eigenvalue weighted by Gasteiger charge is -1.63. The molecular weight excluding hydrogens is 181 g/mol. The average molecular weight is 182 g/mol. The topological polar surface area (TPSA) is 12.9 Å². The Morgan fingerprint density at radius 1 is 1.86 bits per heavy atom. The first kappa shape index (κ1) is 5.18. The minimum Gasteiger partial charge on any atom is -0.234 e. The van der Waals surface area contributed by atoms with E-state index in [1.165, 1.54) is 6.20 Å². The van der Waals surface area contributed by atoms with Crippen LogP contribution in [0.3, 0.4) is 0 Å². The highest BCUT2D eigenvalue weighted by molar-refractivity contribution is 9.11. The van der Waals surface area contributed by atoms with E-state index in [-0.39, 0.29) is 5.13 Å². The molecule has 0 radical (unpaired) electrons. The third kappa shape index (κ3) is 1.21. The molecule has 0 aromatic carbocycles. The number of halogens is 2. The van der Waals surface area contributed by atoms with Crippen LogP contribution in [-0.2, 0) is 0 Å². The normalized spacial score (nSPS) is 9.43. The van der Waals surface area contributed by atoms with E-state index in [0.29, 0.717) is 3.92 Å². The van der Waals surface area contributed by atoms with Gasteiger partial charge in [-0.2, -0.15) is 4.39 Å². The standard InChI is InChI=1S/C3HBrFNS/c4-3-6-1-2(5)7-3/h1H. The predicted octanol–water partition coefficient (Wildman–Crippen LogP) is 2.04. The van der Waals surface area contributed by atoms with Crippen molar-refractivity contribution in [1.82, 2.24) is 4.98 Å². The molecule has 0 unspecified atom stereocenters. The first-order valence-electron chi connectivity index (χ1n) is 1.56.